The molecule has 1 aliphatic heterocycles. The summed E-state index contributed by atoms with van der Waals surface area (Å²) in [5, 5.41) is 28.4. The van der Waals surface area contributed by atoms with Gasteiger partial charge in [-0.3, -0.25) is 4.98 Å². The maximum absolute atomic E-state index is 9.61. The van der Waals surface area contributed by atoms with Crippen molar-refractivity contribution in [2.24, 2.45) is 0 Å². The van der Waals surface area contributed by atoms with Gasteiger partial charge in [-0.25, -0.2) is 0 Å². The number of nitrogens with zero attached hydrogens (tertiary/aromatic N) is 1. The van der Waals surface area contributed by atoms with E-state index in [0.29, 0.717) is 17.9 Å². The lowest BCUT2D eigenvalue weighted by Crippen LogP contribution is -3.26. The van der Waals surface area contributed by atoms with Crippen molar-refractivity contribution in [1.29, 1.82) is 0 Å². The number of carboxylic acid groups (broad SMARTS) is 2. The quantitative estimate of drug-likeness (QED) is 0.476. The number of pyridine rings is 1. The highest BCUT2D eigenvalue weighted by atomic mass is 16.4. The minimum absolute atomic E-state index is 0.330. The van der Waals surface area contributed by atoms with Crippen molar-refractivity contribution < 1.29 is 34.7 Å². The predicted octanol–water partition coefficient (Wildman–Crippen LogP) is -5.26. The van der Waals surface area contributed by atoms with Gasteiger partial charge in [-0.2, -0.15) is 0 Å². The van der Waals surface area contributed by atoms with Crippen LogP contribution in [0.15, 0.2) is 30.5 Å². The molecule has 0 bridgehead atoms. The lowest BCUT2D eigenvalue weighted by molar-refractivity contribution is -1.01. The van der Waals surface area contributed by atoms with Gasteiger partial charge in [0.05, 0.1) is 19.0 Å². The van der Waals surface area contributed by atoms with Gasteiger partial charge in [-0.15, -0.1) is 0 Å². The third-order valence-electron chi connectivity index (χ3n) is 3.45. The average molecular weight is 323 g/mol. The number of hydrogen-bond donors (Lipinski definition) is 3. The largest absolute Gasteiger partial charge is 0.545 e. The van der Waals surface area contributed by atoms with E-state index in [-0.39, 0.29) is 0 Å². The zero-order valence-electron chi connectivity index (χ0n) is 12.9. The molecule has 0 unspecified atom stereocenters. The fourth-order valence-corrected chi connectivity index (χ4v) is 2.15. The van der Waals surface area contributed by atoms with E-state index in [1.54, 1.807) is 23.2 Å². The second kappa shape index (κ2) is 9.54. The highest BCUT2D eigenvalue weighted by Gasteiger charge is 2.21. The Balaban J connectivity index is 0.000000284. The molecule has 0 amide bonds. The number of carbonyl (C=O) groups is 2. The SMILES string of the molecule is C[NH+]1CC[NH+](Cc2ncccc2O)CC1.O=C([O-])C=CC(=O)[O-]. The summed E-state index contributed by atoms with van der Waals surface area (Å²) >= 11 is 0. The van der Waals surface area contributed by atoms with Gasteiger partial charge in [-0.05, 0) is 24.3 Å². The van der Waals surface area contributed by atoms with Gasteiger partial charge in [-0.1, -0.05) is 0 Å². The van der Waals surface area contributed by atoms with Crippen LogP contribution in [-0.2, 0) is 16.1 Å². The molecular weight excluding hydrogens is 302 g/mol. The minimum atomic E-state index is -1.55. The van der Waals surface area contributed by atoms with Gasteiger partial charge in [0.1, 0.15) is 44.2 Å². The fraction of sp³-hybridized carbons (Fsp3) is 0.400. The number of likely N-dealkylation sites (N-methyl/N-ethyl adjacent to an activating group) is 1. The maximum atomic E-state index is 9.61. The van der Waals surface area contributed by atoms with E-state index in [0.717, 1.165) is 12.2 Å². The van der Waals surface area contributed by atoms with Crippen molar-refractivity contribution in [3.8, 4) is 5.75 Å². The summed E-state index contributed by atoms with van der Waals surface area (Å²) < 4.78 is 0. The summed E-state index contributed by atoms with van der Waals surface area (Å²) in [7, 11) is 2.23. The molecule has 1 fully saturated rings. The molecule has 8 nitrogen and oxygen atoms in total. The van der Waals surface area contributed by atoms with Crippen molar-refractivity contribution in [3.63, 3.8) is 0 Å². The molecule has 0 aliphatic carbocycles. The molecule has 0 atom stereocenters. The monoisotopic (exact) mass is 323 g/mol. The van der Waals surface area contributed by atoms with Crippen LogP contribution in [0.1, 0.15) is 5.69 Å². The van der Waals surface area contributed by atoms with Crippen LogP contribution >= 0.6 is 0 Å². The van der Waals surface area contributed by atoms with E-state index < -0.39 is 11.9 Å². The molecular formula is C15H21N3O5. The van der Waals surface area contributed by atoms with E-state index in [2.05, 4.69) is 12.0 Å². The van der Waals surface area contributed by atoms with Crippen molar-refractivity contribution in [1.82, 2.24) is 4.98 Å². The van der Waals surface area contributed by atoms with Crippen LogP contribution in [0.2, 0.25) is 0 Å². The van der Waals surface area contributed by atoms with E-state index >= 15 is 0 Å². The number of carboxylic acids is 2. The smallest absolute Gasteiger partial charge is 0.142 e. The number of rotatable bonds is 4. The van der Waals surface area contributed by atoms with Gasteiger partial charge in [0.25, 0.3) is 0 Å². The first-order valence-electron chi connectivity index (χ1n) is 7.26. The van der Waals surface area contributed by atoms with Crippen LogP contribution in [0.5, 0.6) is 5.75 Å². The van der Waals surface area contributed by atoms with Gasteiger partial charge in [0, 0.05) is 6.20 Å². The van der Waals surface area contributed by atoms with Crippen LogP contribution in [0.25, 0.3) is 0 Å². The van der Waals surface area contributed by atoms with Gasteiger partial charge in [0.15, 0.2) is 0 Å². The van der Waals surface area contributed by atoms with E-state index in [1.807, 2.05) is 0 Å². The molecule has 23 heavy (non-hydrogen) atoms. The molecule has 3 N–H and O–H groups in total. The van der Waals surface area contributed by atoms with E-state index in [4.69, 9.17) is 0 Å². The van der Waals surface area contributed by atoms with Crippen LogP contribution < -0.4 is 20.0 Å². The lowest BCUT2D eigenvalue weighted by Gasteiger charge is -2.27. The Kier molecular flexibility index (Phi) is 7.72. The van der Waals surface area contributed by atoms with Crippen molar-refractivity contribution in [3.05, 3.63) is 36.2 Å². The van der Waals surface area contributed by atoms with Crippen LogP contribution in [-0.4, -0.2) is 55.3 Å². The molecule has 126 valence electrons. The molecule has 2 rings (SSSR count). The Morgan fingerprint density at radius 2 is 1.78 bits per heavy atom. The third kappa shape index (κ3) is 7.93. The molecule has 1 saturated heterocycles. The standard InChI is InChI=1S/C11H17N3O.C4H4O4/c1-13-5-7-14(8-6-13)9-10-11(15)3-2-4-12-10;5-3(6)1-2-4(7)8/h2-4,15H,5-9H2,1H3;1-2H,(H,5,6)(H,7,8). The van der Waals surface area contributed by atoms with E-state index in [9.17, 15) is 24.9 Å². The molecule has 0 spiro atoms. The molecule has 1 aromatic rings. The van der Waals surface area contributed by atoms with Gasteiger partial charge >= 0.3 is 0 Å². The molecule has 1 aliphatic rings. The highest BCUT2D eigenvalue weighted by Crippen LogP contribution is 2.10. The Hall–Kier alpha value is -2.45. The molecule has 0 aromatic carbocycles. The highest BCUT2D eigenvalue weighted by molar-refractivity contribution is 5.87. The number of aliphatic carboxylic acids is 2. The van der Waals surface area contributed by atoms with Crippen molar-refractivity contribution in [2.75, 3.05) is 33.2 Å². The van der Waals surface area contributed by atoms with Crippen LogP contribution in [0.4, 0.5) is 0 Å². The molecule has 1 aromatic heterocycles. The molecule has 0 radical (unpaired) electrons. The Bertz CT molecular complexity index is 538. The number of carbonyl (C=O) groups excluding carboxylic acids is 2. The number of nitrogens with one attached hydrogen (secondary N) is 2. The number of aromatic nitrogens is 1. The first-order valence-corrected chi connectivity index (χ1v) is 7.26. The fourth-order valence-electron chi connectivity index (χ4n) is 2.15. The lowest BCUT2D eigenvalue weighted by atomic mass is 10.2. The Morgan fingerprint density at radius 3 is 2.26 bits per heavy atom. The zero-order valence-corrected chi connectivity index (χ0v) is 12.9. The summed E-state index contributed by atoms with van der Waals surface area (Å²) in [4.78, 5) is 26.2. The Morgan fingerprint density at radius 1 is 1.22 bits per heavy atom. The summed E-state index contributed by atoms with van der Waals surface area (Å²) in [6, 6.07) is 3.48. The van der Waals surface area contributed by atoms with Crippen LogP contribution in [0.3, 0.4) is 0 Å². The molecule has 8 heteroatoms. The average Bonchev–Trinajstić information content (AvgIpc) is 2.50. The van der Waals surface area contributed by atoms with Crippen LogP contribution in [0, 0.1) is 0 Å². The summed E-state index contributed by atoms with van der Waals surface area (Å²) in [5.74, 6) is -2.76. The number of hydrogen-bond acceptors (Lipinski definition) is 6. The normalized spacial score (nSPS) is 20.6. The van der Waals surface area contributed by atoms with E-state index in [1.165, 1.54) is 31.1 Å². The zero-order chi connectivity index (χ0) is 17.2. The van der Waals surface area contributed by atoms with Gasteiger partial charge < -0.3 is 34.7 Å². The maximum Gasteiger partial charge on any atom is 0.142 e. The number of aromatic hydroxyl groups is 1. The summed E-state index contributed by atoms with van der Waals surface area (Å²) in [6.45, 7) is 5.61. The summed E-state index contributed by atoms with van der Waals surface area (Å²) in [5.41, 5.74) is 0.826. The first-order chi connectivity index (χ1) is 10.9. The summed E-state index contributed by atoms with van der Waals surface area (Å²) in [6.07, 6.45) is 2.51. The van der Waals surface area contributed by atoms with Gasteiger partial charge in [0.2, 0.25) is 0 Å². The topological polar surface area (TPSA) is 122 Å². The number of quaternary nitrogens is 2. The molecule has 0 saturated carbocycles. The predicted molar refractivity (Wildman–Crippen MR) is 76.1 cm³/mol. The second-order valence-electron chi connectivity index (χ2n) is 5.32. The molecule has 2 heterocycles. The Labute approximate surface area is 134 Å². The third-order valence-corrected chi connectivity index (χ3v) is 3.45. The number of piperazine rings is 1. The first kappa shape index (κ1) is 18.6. The minimum Gasteiger partial charge on any atom is -0.545 e. The van der Waals surface area contributed by atoms with Crippen molar-refractivity contribution in [2.45, 2.75) is 6.54 Å². The van der Waals surface area contributed by atoms with Crippen molar-refractivity contribution >= 4 is 11.9 Å². The second-order valence-corrected chi connectivity index (χ2v) is 5.32.